The maximum Gasteiger partial charge on any atom is 0.471 e. The maximum atomic E-state index is 12.7. The number of ether oxygens (including phenoxy) is 2. The third-order valence-electron chi connectivity index (χ3n) is 4.23. The lowest BCUT2D eigenvalue weighted by molar-refractivity contribution is -0.384. The molecule has 14 heteroatoms. The van der Waals surface area contributed by atoms with E-state index in [9.17, 15) is 23.3 Å². The number of nitro groups is 1. The van der Waals surface area contributed by atoms with E-state index in [4.69, 9.17) is 9.47 Å². The summed E-state index contributed by atoms with van der Waals surface area (Å²) >= 11 is 0. The van der Waals surface area contributed by atoms with Gasteiger partial charge in [-0.25, -0.2) is 4.98 Å². The van der Waals surface area contributed by atoms with Crippen LogP contribution >= 0.6 is 0 Å². The number of nitrogens with zero attached hydrogens (tertiary/aromatic N) is 5. The van der Waals surface area contributed by atoms with E-state index in [2.05, 4.69) is 25.0 Å². The lowest BCUT2D eigenvalue weighted by atomic mass is 10.2. The van der Waals surface area contributed by atoms with Gasteiger partial charge in [-0.1, -0.05) is 5.16 Å². The van der Waals surface area contributed by atoms with Crippen molar-refractivity contribution in [2.24, 2.45) is 0 Å². The molecule has 4 rings (SSSR count). The second kappa shape index (κ2) is 7.20. The van der Waals surface area contributed by atoms with Gasteiger partial charge in [0.15, 0.2) is 0 Å². The Morgan fingerprint density at radius 3 is 2.83 bits per heavy atom. The highest BCUT2D eigenvalue weighted by Crippen LogP contribution is 2.36. The van der Waals surface area contributed by atoms with E-state index < -0.39 is 29.0 Å². The smallest absolute Gasteiger partial charge is 0.468 e. The molecule has 0 aliphatic carbocycles. The summed E-state index contributed by atoms with van der Waals surface area (Å²) in [5.74, 6) is -1.87. The van der Waals surface area contributed by atoms with Crippen molar-refractivity contribution in [3.63, 3.8) is 0 Å². The molecule has 2 aliphatic heterocycles. The fourth-order valence-corrected chi connectivity index (χ4v) is 2.69. The van der Waals surface area contributed by atoms with Gasteiger partial charge in [0.25, 0.3) is 0 Å². The van der Waals surface area contributed by atoms with E-state index in [1.165, 1.54) is 29.6 Å². The molecule has 2 aromatic rings. The number of halogens is 3. The Morgan fingerprint density at radius 2 is 2.21 bits per heavy atom. The summed E-state index contributed by atoms with van der Waals surface area (Å²) in [5, 5.41) is 17.6. The highest BCUT2D eigenvalue weighted by molar-refractivity contribution is 5.64. The third kappa shape index (κ3) is 3.78. The van der Waals surface area contributed by atoms with Gasteiger partial charge in [0.2, 0.25) is 17.9 Å². The van der Waals surface area contributed by atoms with Crippen LogP contribution in [0, 0.1) is 10.1 Å². The first-order valence-corrected chi connectivity index (χ1v) is 8.34. The number of anilines is 2. The molecule has 1 N–H and O–H groups in total. The largest absolute Gasteiger partial charge is 0.471 e. The van der Waals surface area contributed by atoms with E-state index in [0.29, 0.717) is 13.2 Å². The maximum absolute atomic E-state index is 12.7. The molecule has 0 bridgehead atoms. The predicted molar refractivity (Wildman–Crippen MR) is 88.5 cm³/mol. The SMILES string of the molecule is O=[N+]([O-])c1cc(N2C=CO[C@H]2c2noc(C(F)(F)F)n2)cnc1NC[C@@H]1CCO1. The van der Waals surface area contributed by atoms with E-state index >= 15 is 0 Å². The average Bonchev–Trinajstić information content (AvgIpc) is 3.29. The van der Waals surface area contributed by atoms with Gasteiger partial charge in [-0.15, -0.1) is 0 Å². The van der Waals surface area contributed by atoms with Crippen LogP contribution in [0.2, 0.25) is 0 Å². The van der Waals surface area contributed by atoms with Gasteiger partial charge in [-0.2, -0.15) is 18.2 Å². The van der Waals surface area contributed by atoms with Crippen LogP contribution in [0.25, 0.3) is 0 Å². The second-order valence-electron chi connectivity index (χ2n) is 6.12. The minimum atomic E-state index is -4.81. The summed E-state index contributed by atoms with van der Waals surface area (Å²) in [6, 6.07) is 1.22. The highest BCUT2D eigenvalue weighted by atomic mass is 19.4. The topological polar surface area (TPSA) is 129 Å². The Balaban J connectivity index is 1.57. The molecule has 4 heterocycles. The van der Waals surface area contributed by atoms with E-state index in [1.54, 1.807) is 0 Å². The molecular weight excluding hydrogens is 401 g/mol. The molecule has 0 spiro atoms. The van der Waals surface area contributed by atoms with Crippen molar-refractivity contribution in [3.8, 4) is 0 Å². The van der Waals surface area contributed by atoms with Crippen LogP contribution in [-0.2, 0) is 15.7 Å². The third-order valence-corrected chi connectivity index (χ3v) is 4.23. The highest BCUT2D eigenvalue weighted by Gasteiger charge is 2.40. The monoisotopic (exact) mass is 414 g/mol. The zero-order valence-corrected chi connectivity index (χ0v) is 14.5. The molecule has 0 aromatic carbocycles. The second-order valence-corrected chi connectivity index (χ2v) is 6.12. The molecule has 2 aliphatic rings. The van der Waals surface area contributed by atoms with Crippen molar-refractivity contribution in [1.82, 2.24) is 15.1 Å². The lowest BCUT2D eigenvalue weighted by Gasteiger charge is -2.26. The number of rotatable bonds is 6. The van der Waals surface area contributed by atoms with Crippen LogP contribution in [-0.4, -0.2) is 39.3 Å². The van der Waals surface area contributed by atoms with Gasteiger partial charge in [0.05, 0.1) is 22.9 Å². The number of hydrogen-bond donors (Lipinski definition) is 1. The Hall–Kier alpha value is -3.42. The van der Waals surface area contributed by atoms with E-state index in [1.807, 2.05) is 0 Å². The number of nitrogens with one attached hydrogen (secondary N) is 1. The number of pyridine rings is 1. The zero-order chi connectivity index (χ0) is 20.6. The van der Waals surface area contributed by atoms with Crippen molar-refractivity contribution in [2.75, 3.05) is 23.4 Å². The molecule has 1 saturated heterocycles. The molecule has 0 amide bonds. The lowest BCUT2D eigenvalue weighted by Crippen LogP contribution is -2.33. The first kappa shape index (κ1) is 18.9. The number of aromatic nitrogens is 3. The van der Waals surface area contributed by atoms with Crippen molar-refractivity contribution >= 4 is 17.2 Å². The predicted octanol–water partition coefficient (Wildman–Crippen LogP) is 2.60. The molecule has 11 nitrogen and oxygen atoms in total. The van der Waals surface area contributed by atoms with Crippen molar-refractivity contribution < 1.29 is 32.1 Å². The number of alkyl halides is 3. The fourth-order valence-electron chi connectivity index (χ4n) is 2.69. The van der Waals surface area contributed by atoms with Crippen molar-refractivity contribution in [1.29, 1.82) is 0 Å². The van der Waals surface area contributed by atoms with Crippen molar-refractivity contribution in [2.45, 2.75) is 24.9 Å². The first-order valence-electron chi connectivity index (χ1n) is 8.34. The molecule has 29 heavy (non-hydrogen) atoms. The molecule has 0 unspecified atom stereocenters. The molecule has 2 aromatic heterocycles. The van der Waals surface area contributed by atoms with Gasteiger partial charge in [0, 0.05) is 25.4 Å². The average molecular weight is 414 g/mol. The minimum absolute atomic E-state index is 0.0311. The molecule has 154 valence electrons. The Labute approximate surface area is 160 Å². The van der Waals surface area contributed by atoms with E-state index in [-0.39, 0.29) is 23.3 Å². The standard InChI is InChI=1S/C15H13F3N6O5/c16-15(17,18)14-21-12(22-29-14)13-23(2-4-28-13)8-5-10(24(25)26)11(19-6-8)20-7-9-1-3-27-9/h2,4-6,9,13H,1,3,7H2,(H,19,20)/t9-,13-/m0/s1. The van der Waals surface area contributed by atoms with Gasteiger partial charge < -0.3 is 24.2 Å². The van der Waals surface area contributed by atoms with Gasteiger partial charge in [-0.05, 0) is 6.42 Å². The van der Waals surface area contributed by atoms with Crippen LogP contribution in [0.1, 0.15) is 24.4 Å². The normalized spacial score (nSPS) is 21.0. The van der Waals surface area contributed by atoms with Crippen LogP contribution in [0.3, 0.4) is 0 Å². The Bertz CT molecular complexity index is 945. The fraction of sp³-hybridized carbons (Fsp3) is 0.400. The first-order chi connectivity index (χ1) is 13.8. The Kier molecular flexibility index (Phi) is 4.70. The summed E-state index contributed by atoms with van der Waals surface area (Å²) in [4.78, 5) is 19.5. The molecule has 1 fully saturated rings. The molecular formula is C15H13F3N6O5. The molecule has 2 atom stereocenters. The summed E-state index contributed by atoms with van der Waals surface area (Å²) in [6.45, 7) is 1.02. The summed E-state index contributed by atoms with van der Waals surface area (Å²) < 4.78 is 52.7. The summed E-state index contributed by atoms with van der Waals surface area (Å²) in [6.07, 6.45) is -1.31. The van der Waals surface area contributed by atoms with Crippen LogP contribution in [0.15, 0.2) is 29.2 Å². The van der Waals surface area contributed by atoms with Crippen molar-refractivity contribution in [3.05, 3.63) is 46.6 Å². The van der Waals surface area contributed by atoms with Gasteiger partial charge in [0.1, 0.15) is 6.26 Å². The minimum Gasteiger partial charge on any atom is -0.468 e. The van der Waals surface area contributed by atoms with Gasteiger partial charge in [-0.3, -0.25) is 10.1 Å². The number of hydrogen-bond acceptors (Lipinski definition) is 10. The van der Waals surface area contributed by atoms with Crippen LogP contribution < -0.4 is 10.2 Å². The van der Waals surface area contributed by atoms with E-state index in [0.717, 1.165) is 6.42 Å². The van der Waals surface area contributed by atoms with Crippen LogP contribution in [0.5, 0.6) is 0 Å². The Morgan fingerprint density at radius 1 is 1.41 bits per heavy atom. The zero-order valence-electron chi connectivity index (χ0n) is 14.5. The summed E-state index contributed by atoms with van der Waals surface area (Å²) in [5.41, 5.74) is -0.121. The molecule has 0 saturated carbocycles. The molecule has 0 radical (unpaired) electrons. The van der Waals surface area contributed by atoms with Gasteiger partial charge >= 0.3 is 17.8 Å². The summed E-state index contributed by atoms with van der Waals surface area (Å²) in [7, 11) is 0. The quantitative estimate of drug-likeness (QED) is 0.556. The van der Waals surface area contributed by atoms with Crippen LogP contribution in [0.4, 0.5) is 30.4 Å².